The number of nitrogens with two attached hydrogens (primary N) is 5. The third kappa shape index (κ3) is 8.58. The van der Waals surface area contributed by atoms with Crippen LogP contribution in [0, 0.1) is 6.92 Å². The van der Waals surface area contributed by atoms with E-state index in [2.05, 4.69) is 18.5 Å². The molecule has 7 heteroatoms. The number of para-hydroxylation sites is 1. The average molecular weight is 509 g/mol. The number of aryl methyl sites for hydroxylation is 1. The molecule has 1 amide bonds. The summed E-state index contributed by atoms with van der Waals surface area (Å²) in [5, 5.41) is 2.88. The zero-order chi connectivity index (χ0) is 28.1. The first-order chi connectivity index (χ1) is 18.2. The van der Waals surface area contributed by atoms with Gasteiger partial charge in [0.05, 0.1) is 0 Å². The minimum atomic E-state index is -0.210. The van der Waals surface area contributed by atoms with Gasteiger partial charge in [-0.05, 0) is 84.3 Å². The molecule has 11 N–H and O–H groups in total. The van der Waals surface area contributed by atoms with E-state index in [4.69, 9.17) is 28.7 Å². The van der Waals surface area contributed by atoms with E-state index >= 15 is 0 Å². The lowest BCUT2D eigenvalue weighted by Crippen LogP contribution is -2.14. The molecule has 4 aromatic rings. The maximum Gasteiger partial charge on any atom is 0.255 e. The molecule has 0 bridgehead atoms. The molecule has 0 aliphatic carbocycles. The van der Waals surface area contributed by atoms with Crippen molar-refractivity contribution < 1.29 is 4.79 Å². The van der Waals surface area contributed by atoms with Gasteiger partial charge >= 0.3 is 0 Å². The number of rotatable bonds is 5. The summed E-state index contributed by atoms with van der Waals surface area (Å²) in [5.41, 5.74) is 35.6. The Morgan fingerprint density at radius 3 is 1.82 bits per heavy atom. The van der Waals surface area contributed by atoms with Crippen LogP contribution in [0.15, 0.2) is 98.1 Å². The Morgan fingerprint density at radius 1 is 0.763 bits per heavy atom. The van der Waals surface area contributed by atoms with Crippen molar-refractivity contribution in [3.05, 3.63) is 126 Å². The molecule has 0 radical (unpaired) electrons. The lowest BCUT2D eigenvalue weighted by Gasteiger charge is -2.14. The van der Waals surface area contributed by atoms with Gasteiger partial charge in [0.25, 0.3) is 5.91 Å². The molecule has 7 nitrogen and oxygen atoms in total. The number of hydrogen-bond acceptors (Lipinski definition) is 6. The molecule has 0 saturated carbocycles. The highest BCUT2D eigenvalue weighted by Crippen LogP contribution is 2.26. The summed E-state index contributed by atoms with van der Waals surface area (Å²) in [5.74, 6) is -0.210. The second-order valence-corrected chi connectivity index (χ2v) is 8.31. The topological polar surface area (TPSA) is 159 Å². The van der Waals surface area contributed by atoms with E-state index in [0.717, 1.165) is 39.3 Å². The van der Waals surface area contributed by atoms with Crippen LogP contribution < -0.4 is 34.0 Å². The Hall–Kier alpha value is -5.01. The number of nitrogen functional groups attached to an aromatic ring is 4. The summed E-state index contributed by atoms with van der Waals surface area (Å²) in [4.78, 5) is 12.3. The van der Waals surface area contributed by atoms with E-state index in [0.29, 0.717) is 23.5 Å². The van der Waals surface area contributed by atoms with E-state index in [9.17, 15) is 4.79 Å². The van der Waals surface area contributed by atoms with Crippen LogP contribution >= 0.6 is 0 Å². The Kier molecular flexibility index (Phi) is 11.2. The van der Waals surface area contributed by atoms with Gasteiger partial charge in [-0.1, -0.05) is 49.6 Å². The maximum absolute atomic E-state index is 12.3. The Labute approximate surface area is 224 Å². The fourth-order valence-electron chi connectivity index (χ4n) is 3.41. The van der Waals surface area contributed by atoms with Crippen molar-refractivity contribution in [2.24, 2.45) is 5.73 Å². The van der Waals surface area contributed by atoms with Crippen LogP contribution in [-0.4, -0.2) is 5.91 Å². The van der Waals surface area contributed by atoms with Gasteiger partial charge in [-0.15, -0.1) is 0 Å². The number of hydrogen-bond donors (Lipinski definition) is 6. The van der Waals surface area contributed by atoms with Gasteiger partial charge in [0, 0.05) is 46.1 Å². The van der Waals surface area contributed by atoms with Crippen LogP contribution in [-0.2, 0) is 6.54 Å². The molecule has 0 fully saturated rings. The molecular weight excluding hydrogens is 472 g/mol. The maximum atomic E-state index is 12.3. The minimum absolute atomic E-state index is 0.210. The van der Waals surface area contributed by atoms with Crippen LogP contribution in [0.4, 0.5) is 28.4 Å². The number of carbonyl (C=O) groups excluding carboxylic acids is 1. The summed E-state index contributed by atoms with van der Waals surface area (Å²) in [7, 11) is 0. The Morgan fingerprint density at radius 2 is 1.34 bits per heavy atom. The highest BCUT2D eigenvalue weighted by atomic mass is 16.1. The third-order valence-corrected chi connectivity index (χ3v) is 5.52. The van der Waals surface area contributed by atoms with Crippen molar-refractivity contribution in [2.75, 3.05) is 28.3 Å². The van der Waals surface area contributed by atoms with Crippen molar-refractivity contribution in [2.45, 2.75) is 13.5 Å². The van der Waals surface area contributed by atoms with Crippen molar-refractivity contribution in [1.29, 1.82) is 0 Å². The van der Waals surface area contributed by atoms with Crippen LogP contribution in [0.3, 0.4) is 0 Å². The Balaban J connectivity index is 0.000000257. The molecule has 38 heavy (non-hydrogen) atoms. The van der Waals surface area contributed by atoms with Gasteiger partial charge in [-0.25, -0.2) is 0 Å². The number of carbonyl (C=O) groups is 1. The van der Waals surface area contributed by atoms with Crippen LogP contribution in [0.5, 0.6) is 0 Å². The van der Waals surface area contributed by atoms with Gasteiger partial charge in [0.15, 0.2) is 0 Å². The molecule has 0 aromatic heterocycles. The van der Waals surface area contributed by atoms with Crippen molar-refractivity contribution in [3.63, 3.8) is 0 Å². The molecule has 196 valence electrons. The number of anilines is 5. The van der Waals surface area contributed by atoms with E-state index in [-0.39, 0.29) is 5.91 Å². The van der Waals surface area contributed by atoms with E-state index < -0.39 is 0 Å². The Bertz CT molecular complexity index is 1370. The van der Waals surface area contributed by atoms with Gasteiger partial charge in [-0.2, -0.15) is 0 Å². The predicted molar refractivity (Wildman–Crippen MR) is 164 cm³/mol. The molecular formula is C31H36N6O. The van der Waals surface area contributed by atoms with Crippen LogP contribution in [0.25, 0.3) is 12.2 Å². The summed E-state index contributed by atoms with van der Waals surface area (Å²) >= 11 is 0. The molecule has 4 rings (SSSR count). The standard InChI is InChI=1S/C18H19N3O.C7H10N2.C6H7N/c1-3-15-13(11-19)7-10-17(16(15)4-2)21-18(22)12-5-8-14(20)9-6-12;1-5-4-6(8)2-3-7(5)9;7-6-4-2-1-3-5-6/h3-10H,1-2,11,19-20H2,(H,21,22);2-4H,8-9H2,1H3;1-5H,7H2. The second-order valence-electron chi connectivity index (χ2n) is 8.31. The number of benzene rings is 4. The first-order valence-electron chi connectivity index (χ1n) is 11.9. The molecule has 0 aliphatic rings. The SMILES string of the molecule is C=Cc1c(CN)ccc(NC(=O)c2ccc(N)cc2)c1C=C.Cc1cc(N)ccc1N.Nc1ccccc1. The first kappa shape index (κ1) is 29.2. The highest BCUT2D eigenvalue weighted by molar-refractivity contribution is 6.05. The zero-order valence-electron chi connectivity index (χ0n) is 21.7. The molecule has 0 heterocycles. The molecule has 0 saturated heterocycles. The zero-order valence-corrected chi connectivity index (χ0v) is 21.7. The molecule has 0 spiro atoms. The van der Waals surface area contributed by atoms with Crippen molar-refractivity contribution in [3.8, 4) is 0 Å². The van der Waals surface area contributed by atoms with Crippen LogP contribution in [0.1, 0.15) is 32.6 Å². The molecule has 0 unspecified atom stereocenters. The van der Waals surface area contributed by atoms with E-state index in [1.54, 1.807) is 42.5 Å². The second kappa shape index (κ2) is 14.5. The van der Waals surface area contributed by atoms with Gasteiger partial charge < -0.3 is 34.0 Å². The average Bonchev–Trinajstić information content (AvgIpc) is 2.92. The quantitative estimate of drug-likeness (QED) is 0.190. The van der Waals surface area contributed by atoms with Gasteiger partial charge in [0.1, 0.15) is 0 Å². The fraction of sp³-hybridized carbons (Fsp3) is 0.0645. The smallest absolute Gasteiger partial charge is 0.255 e. The molecule has 0 atom stereocenters. The monoisotopic (exact) mass is 508 g/mol. The lowest BCUT2D eigenvalue weighted by molar-refractivity contribution is 0.102. The minimum Gasteiger partial charge on any atom is -0.399 e. The largest absolute Gasteiger partial charge is 0.399 e. The summed E-state index contributed by atoms with van der Waals surface area (Å²) in [6.45, 7) is 9.95. The van der Waals surface area contributed by atoms with Gasteiger partial charge in [0.2, 0.25) is 0 Å². The number of amides is 1. The summed E-state index contributed by atoms with van der Waals surface area (Å²) in [6.07, 6.45) is 3.41. The normalized spacial score (nSPS) is 9.63. The number of nitrogens with one attached hydrogen (secondary N) is 1. The summed E-state index contributed by atoms with van der Waals surface area (Å²) < 4.78 is 0. The predicted octanol–water partition coefficient (Wildman–Crippen LogP) is 5.69. The third-order valence-electron chi connectivity index (χ3n) is 5.52. The van der Waals surface area contributed by atoms with E-state index in [1.807, 2.05) is 61.5 Å². The molecule has 0 aliphatic heterocycles. The fourth-order valence-corrected chi connectivity index (χ4v) is 3.41. The molecule has 4 aromatic carbocycles. The van der Waals surface area contributed by atoms with Crippen molar-refractivity contribution >= 4 is 46.5 Å². The van der Waals surface area contributed by atoms with E-state index in [1.165, 1.54) is 0 Å². The highest BCUT2D eigenvalue weighted by Gasteiger charge is 2.12. The van der Waals surface area contributed by atoms with Crippen LogP contribution in [0.2, 0.25) is 0 Å². The lowest BCUT2D eigenvalue weighted by atomic mass is 9.98. The summed E-state index contributed by atoms with van der Waals surface area (Å²) in [6, 6.07) is 25.4. The first-order valence-corrected chi connectivity index (χ1v) is 11.9. The van der Waals surface area contributed by atoms with Crippen molar-refractivity contribution in [1.82, 2.24) is 0 Å². The van der Waals surface area contributed by atoms with Gasteiger partial charge in [-0.3, -0.25) is 4.79 Å².